The topological polar surface area (TPSA) is 15.3 Å². The minimum Gasteiger partial charge on any atom is -0.313 e. The molecular weight excluding hydrogens is 252 g/mol. The summed E-state index contributed by atoms with van der Waals surface area (Å²) >= 11 is 2.08. The van der Waals surface area contributed by atoms with Gasteiger partial charge in [0.25, 0.3) is 0 Å². The van der Waals surface area contributed by atoms with Gasteiger partial charge in [0, 0.05) is 29.3 Å². The van der Waals surface area contributed by atoms with E-state index in [-0.39, 0.29) is 0 Å². The molecule has 0 saturated carbocycles. The molecule has 0 amide bonds. The van der Waals surface area contributed by atoms with Crippen molar-refractivity contribution in [3.05, 3.63) is 29.8 Å². The molecule has 104 valence electrons. The second kappa shape index (κ2) is 6.29. The van der Waals surface area contributed by atoms with Gasteiger partial charge in [-0.1, -0.05) is 25.1 Å². The average Bonchev–Trinajstić information content (AvgIpc) is 2.69. The smallest absolute Gasteiger partial charge is 0.0263 e. The van der Waals surface area contributed by atoms with E-state index in [0.717, 1.165) is 5.25 Å². The molecule has 2 aliphatic heterocycles. The maximum absolute atomic E-state index is 3.65. The Morgan fingerprint density at radius 2 is 2.26 bits per heavy atom. The quantitative estimate of drug-likeness (QED) is 0.914. The third-order valence-electron chi connectivity index (χ3n) is 4.23. The SMILES string of the molecule is CCC1CN(CC2Cc3ccccc3S2)CCCN1. The average molecular weight is 276 g/mol. The fourth-order valence-corrected chi connectivity index (χ4v) is 4.53. The highest BCUT2D eigenvalue weighted by Gasteiger charge is 2.25. The van der Waals surface area contributed by atoms with Crippen molar-refractivity contribution in [1.82, 2.24) is 10.2 Å². The van der Waals surface area contributed by atoms with Gasteiger partial charge in [0.1, 0.15) is 0 Å². The summed E-state index contributed by atoms with van der Waals surface area (Å²) in [4.78, 5) is 4.19. The molecule has 19 heavy (non-hydrogen) atoms. The number of nitrogens with zero attached hydrogens (tertiary/aromatic N) is 1. The van der Waals surface area contributed by atoms with E-state index in [0.29, 0.717) is 6.04 Å². The molecule has 0 bridgehead atoms. The molecule has 1 aromatic rings. The van der Waals surface area contributed by atoms with E-state index >= 15 is 0 Å². The van der Waals surface area contributed by atoms with Gasteiger partial charge in [-0.3, -0.25) is 0 Å². The Morgan fingerprint density at radius 3 is 3.11 bits per heavy atom. The van der Waals surface area contributed by atoms with Crippen LogP contribution in [0.25, 0.3) is 0 Å². The molecule has 3 heteroatoms. The zero-order valence-corrected chi connectivity index (χ0v) is 12.6. The molecule has 2 nitrogen and oxygen atoms in total. The number of hydrogen-bond donors (Lipinski definition) is 1. The van der Waals surface area contributed by atoms with Crippen LogP contribution in [0.15, 0.2) is 29.2 Å². The standard InChI is InChI=1S/C16H24N2S/c1-2-14-11-18(9-5-8-17-14)12-15-10-13-6-3-4-7-16(13)19-15/h3-4,6-7,14-15,17H,2,5,8-12H2,1H3. The van der Waals surface area contributed by atoms with E-state index in [1.807, 2.05) is 0 Å². The Morgan fingerprint density at radius 1 is 1.37 bits per heavy atom. The summed E-state index contributed by atoms with van der Waals surface area (Å²) in [6.45, 7) is 7.21. The van der Waals surface area contributed by atoms with Crippen LogP contribution < -0.4 is 5.32 Å². The lowest BCUT2D eigenvalue weighted by Gasteiger charge is -2.26. The van der Waals surface area contributed by atoms with Crippen molar-refractivity contribution in [1.29, 1.82) is 0 Å². The van der Waals surface area contributed by atoms with Gasteiger partial charge in [-0.05, 0) is 44.0 Å². The van der Waals surface area contributed by atoms with Crippen LogP contribution in [0.3, 0.4) is 0 Å². The zero-order valence-electron chi connectivity index (χ0n) is 11.8. The van der Waals surface area contributed by atoms with Crippen LogP contribution in [-0.4, -0.2) is 42.4 Å². The Kier molecular flexibility index (Phi) is 4.46. The van der Waals surface area contributed by atoms with Crippen LogP contribution >= 0.6 is 11.8 Å². The van der Waals surface area contributed by atoms with Crippen molar-refractivity contribution in [2.45, 2.75) is 42.4 Å². The molecule has 1 saturated heterocycles. The van der Waals surface area contributed by atoms with Gasteiger partial charge in [-0.2, -0.15) is 0 Å². The maximum Gasteiger partial charge on any atom is 0.0263 e. The highest BCUT2D eigenvalue weighted by Crippen LogP contribution is 2.37. The summed E-state index contributed by atoms with van der Waals surface area (Å²) < 4.78 is 0. The number of nitrogens with one attached hydrogen (secondary N) is 1. The van der Waals surface area contributed by atoms with Crippen LogP contribution in [0.5, 0.6) is 0 Å². The molecule has 0 radical (unpaired) electrons. The number of benzene rings is 1. The van der Waals surface area contributed by atoms with Gasteiger partial charge >= 0.3 is 0 Å². The van der Waals surface area contributed by atoms with Crippen LogP contribution in [0.2, 0.25) is 0 Å². The third-order valence-corrected chi connectivity index (χ3v) is 5.53. The van der Waals surface area contributed by atoms with E-state index < -0.39 is 0 Å². The molecule has 0 aromatic heterocycles. The normalized spacial score (nSPS) is 28.1. The molecule has 0 aliphatic carbocycles. The fourth-order valence-electron chi connectivity index (χ4n) is 3.16. The van der Waals surface area contributed by atoms with Crippen molar-refractivity contribution in [3.8, 4) is 0 Å². The first kappa shape index (κ1) is 13.5. The zero-order chi connectivity index (χ0) is 13.1. The van der Waals surface area contributed by atoms with Crippen molar-refractivity contribution in [2.75, 3.05) is 26.2 Å². The molecular formula is C16H24N2S. The predicted octanol–water partition coefficient (Wildman–Crippen LogP) is 2.78. The van der Waals surface area contributed by atoms with Crippen LogP contribution in [0, 0.1) is 0 Å². The van der Waals surface area contributed by atoms with E-state index in [1.165, 1.54) is 50.3 Å². The predicted molar refractivity (Wildman–Crippen MR) is 82.9 cm³/mol. The monoisotopic (exact) mass is 276 g/mol. The van der Waals surface area contributed by atoms with Crippen LogP contribution in [-0.2, 0) is 6.42 Å². The Balaban J connectivity index is 1.57. The van der Waals surface area contributed by atoms with Gasteiger partial charge in [0.2, 0.25) is 0 Å². The van der Waals surface area contributed by atoms with Crippen molar-refractivity contribution in [2.24, 2.45) is 0 Å². The largest absolute Gasteiger partial charge is 0.313 e. The van der Waals surface area contributed by atoms with E-state index in [9.17, 15) is 0 Å². The Labute approximate surface area is 121 Å². The van der Waals surface area contributed by atoms with Gasteiger partial charge < -0.3 is 10.2 Å². The first-order chi connectivity index (χ1) is 9.35. The minimum atomic E-state index is 0.691. The molecule has 2 atom stereocenters. The summed E-state index contributed by atoms with van der Waals surface area (Å²) in [6, 6.07) is 9.60. The van der Waals surface area contributed by atoms with Gasteiger partial charge in [-0.25, -0.2) is 0 Å². The van der Waals surface area contributed by atoms with Gasteiger partial charge in [-0.15, -0.1) is 11.8 Å². The van der Waals surface area contributed by atoms with Crippen molar-refractivity contribution in [3.63, 3.8) is 0 Å². The minimum absolute atomic E-state index is 0.691. The van der Waals surface area contributed by atoms with Crippen molar-refractivity contribution < 1.29 is 0 Å². The Hall–Kier alpha value is -0.510. The highest BCUT2D eigenvalue weighted by molar-refractivity contribution is 8.00. The first-order valence-electron chi connectivity index (χ1n) is 7.55. The van der Waals surface area contributed by atoms with E-state index in [2.05, 4.69) is 53.2 Å². The molecule has 1 aromatic carbocycles. The summed E-state index contributed by atoms with van der Waals surface area (Å²) in [5, 5.41) is 4.41. The summed E-state index contributed by atoms with van der Waals surface area (Å²) in [5.41, 5.74) is 1.55. The second-order valence-electron chi connectivity index (χ2n) is 5.72. The molecule has 2 heterocycles. The third kappa shape index (κ3) is 3.33. The van der Waals surface area contributed by atoms with Gasteiger partial charge in [0.15, 0.2) is 0 Å². The number of thioether (sulfide) groups is 1. The highest BCUT2D eigenvalue weighted by atomic mass is 32.2. The molecule has 3 rings (SSSR count). The molecule has 2 aliphatic rings. The van der Waals surface area contributed by atoms with Crippen LogP contribution in [0.4, 0.5) is 0 Å². The maximum atomic E-state index is 3.65. The summed E-state index contributed by atoms with van der Waals surface area (Å²) in [5.74, 6) is 0. The van der Waals surface area contributed by atoms with Crippen molar-refractivity contribution >= 4 is 11.8 Å². The van der Waals surface area contributed by atoms with Gasteiger partial charge in [0.05, 0.1) is 0 Å². The van der Waals surface area contributed by atoms with E-state index in [4.69, 9.17) is 0 Å². The first-order valence-corrected chi connectivity index (χ1v) is 8.43. The van der Waals surface area contributed by atoms with E-state index in [1.54, 1.807) is 5.56 Å². The number of hydrogen-bond acceptors (Lipinski definition) is 3. The lowest BCUT2D eigenvalue weighted by Crippen LogP contribution is -2.39. The number of fused-ring (bicyclic) bond motifs is 1. The second-order valence-corrected chi connectivity index (χ2v) is 7.07. The lowest BCUT2D eigenvalue weighted by molar-refractivity contribution is 0.266. The molecule has 1 fully saturated rings. The fraction of sp³-hybridized carbons (Fsp3) is 0.625. The molecule has 2 unspecified atom stereocenters. The molecule has 1 N–H and O–H groups in total. The summed E-state index contributed by atoms with van der Waals surface area (Å²) in [6.07, 6.45) is 3.79. The molecule has 0 spiro atoms. The lowest BCUT2D eigenvalue weighted by atomic mass is 10.1. The summed E-state index contributed by atoms with van der Waals surface area (Å²) in [7, 11) is 0. The Bertz CT molecular complexity index is 396. The number of rotatable bonds is 3. The van der Waals surface area contributed by atoms with Crippen LogP contribution in [0.1, 0.15) is 25.3 Å².